The molecule has 1 aromatic carbocycles. The molecule has 1 fully saturated rings. The summed E-state index contributed by atoms with van der Waals surface area (Å²) in [6.45, 7) is 7.56. The minimum Gasteiger partial charge on any atom is -0.326 e. The molecule has 0 saturated carbocycles. The zero-order valence-electron chi connectivity index (χ0n) is 14.0. The van der Waals surface area contributed by atoms with Crippen molar-refractivity contribution in [3.8, 4) is 0 Å². The van der Waals surface area contributed by atoms with Crippen molar-refractivity contribution in [2.75, 3.05) is 11.9 Å². The second kappa shape index (κ2) is 6.81. The standard InChI is InChI=1S/C17H23N3O3/c1-10(2)7-14-16(22)20(17(23)19-14)9-15(21)18-13-6-5-11(3)8-12(13)4/h5-6,8,10,14H,7,9H2,1-4H3,(H,18,21)(H,19,23). The van der Waals surface area contributed by atoms with Crippen LogP contribution in [0.15, 0.2) is 18.2 Å². The van der Waals surface area contributed by atoms with Gasteiger partial charge in [0.25, 0.3) is 5.91 Å². The fourth-order valence-electron chi connectivity index (χ4n) is 2.64. The molecule has 1 saturated heterocycles. The Morgan fingerprint density at radius 3 is 2.61 bits per heavy atom. The third-order valence-electron chi connectivity index (χ3n) is 3.77. The van der Waals surface area contributed by atoms with Crippen LogP contribution in [0.4, 0.5) is 10.5 Å². The van der Waals surface area contributed by atoms with Crippen molar-refractivity contribution in [1.29, 1.82) is 0 Å². The SMILES string of the molecule is Cc1ccc(NC(=O)CN2C(=O)NC(CC(C)C)C2=O)c(C)c1. The average molecular weight is 317 g/mol. The number of hydrogen-bond donors (Lipinski definition) is 2. The smallest absolute Gasteiger partial charge is 0.325 e. The van der Waals surface area contributed by atoms with Crippen LogP contribution in [0.2, 0.25) is 0 Å². The number of urea groups is 1. The Labute approximate surface area is 136 Å². The van der Waals surface area contributed by atoms with Crippen molar-refractivity contribution in [3.63, 3.8) is 0 Å². The van der Waals surface area contributed by atoms with Crippen LogP contribution in [0.3, 0.4) is 0 Å². The Kier molecular flexibility index (Phi) is 5.03. The maximum atomic E-state index is 12.2. The number of imide groups is 1. The summed E-state index contributed by atoms with van der Waals surface area (Å²) in [7, 11) is 0. The molecule has 1 aliphatic rings. The van der Waals surface area contributed by atoms with Crippen LogP contribution in [0.5, 0.6) is 0 Å². The molecule has 1 atom stereocenters. The highest BCUT2D eigenvalue weighted by atomic mass is 16.2. The molecule has 0 aliphatic carbocycles. The zero-order chi connectivity index (χ0) is 17.1. The van der Waals surface area contributed by atoms with E-state index in [0.717, 1.165) is 16.0 Å². The summed E-state index contributed by atoms with van der Waals surface area (Å²) < 4.78 is 0. The third kappa shape index (κ3) is 4.09. The maximum absolute atomic E-state index is 12.2. The molecular weight excluding hydrogens is 294 g/mol. The van der Waals surface area contributed by atoms with Crippen molar-refractivity contribution < 1.29 is 14.4 Å². The molecule has 0 radical (unpaired) electrons. The van der Waals surface area contributed by atoms with Crippen LogP contribution >= 0.6 is 0 Å². The number of nitrogens with one attached hydrogen (secondary N) is 2. The number of benzene rings is 1. The van der Waals surface area contributed by atoms with Gasteiger partial charge in [0.1, 0.15) is 12.6 Å². The van der Waals surface area contributed by atoms with E-state index in [1.54, 1.807) is 0 Å². The van der Waals surface area contributed by atoms with E-state index in [0.29, 0.717) is 12.1 Å². The summed E-state index contributed by atoms with van der Waals surface area (Å²) >= 11 is 0. The summed E-state index contributed by atoms with van der Waals surface area (Å²) in [6, 6.07) is 4.64. The lowest BCUT2D eigenvalue weighted by molar-refractivity contribution is -0.131. The molecule has 124 valence electrons. The highest BCUT2D eigenvalue weighted by Gasteiger charge is 2.38. The molecule has 1 aromatic rings. The second-order valence-corrected chi connectivity index (χ2v) is 6.42. The molecule has 6 nitrogen and oxygen atoms in total. The van der Waals surface area contributed by atoms with E-state index in [-0.39, 0.29) is 24.3 Å². The van der Waals surface area contributed by atoms with E-state index < -0.39 is 12.1 Å². The number of hydrogen-bond acceptors (Lipinski definition) is 3. The fourth-order valence-corrected chi connectivity index (χ4v) is 2.64. The quantitative estimate of drug-likeness (QED) is 0.817. The van der Waals surface area contributed by atoms with E-state index in [1.165, 1.54) is 0 Å². The third-order valence-corrected chi connectivity index (χ3v) is 3.77. The van der Waals surface area contributed by atoms with Crippen molar-refractivity contribution in [2.24, 2.45) is 5.92 Å². The lowest BCUT2D eigenvalue weighted by Gasteiger charge is -2.14. The Morgan fingerprint density at radius 2 is 2.00 bits per heavy atom. The second-order valence-electron chi connectivity index (χ2n) is 6.42. The van der Waals surface area contributed by atoms with Gasteiger partial charge < -0.3 is 10.6 Å². The largest absolute Gasteiger partial charge is 0.326 e. The Hall–Kier alpha value is -2.37. The highest BCUT2D eigenvalue weighted by Crippen LogP contribution is 2.17. The van der Waals surface area contributed by atoms with Gasteiger partial charge in [-0.2, -0.15) is 0 Å². The molecule has 0 spiro atoms. The van der Waals surface area contributed by atoms with Crippen molar-refractivity contribution in [1.82, 2.24) is 10.2 Å². The van der Waals surface area contributed by atoms with Crippen LogP contribution in [-0.2, 0) is 9.59 Å². The van der Waals surface area contributed by atoms with Crippen molar-refractivity contribution >= 4 is 23.5 Å². The van der Waals surface area contributed by atoms with Crippen LogP contribution in [0.1, 0.15) is 31.4 Å². The number of rotatable bonds is 5. The van der Waals surface area contributed by atoms with Gasteiger partial charge in [0.2, 0.25) is 5.91 Å². The van der Waals surface area contributed by atoms with Crippen LogP contribution in [-0.4, -0.2) is 35.3 Å². The first kappa shape index (κ1) is 17.0. The number of anilines is 1. The number of amides is 4. The number of aryl methyl sites for hydroxylation is 2. The molecule has 2 N–H and O–H groups in total. The minimum atomic E-state index is -0.531. The normalized spacial score (nSPS) is 17.6. The van der Waals surface area contributed by atoms with Gasteiger partial charge in [0, 0.05) is 5.69 Å². The molecule has 1 heterocycles. The van der Waals surface area contributed by atoms with Gasteiger partial charge in [-0.05, 0) is 37.8 Å². The average Bonchev–Trinajstić information content (AvgIpc) is 2.69. The molecule has 0 aromatic heterocycles. The van der Waals surface area contributed by atoms with Gasteiger partial charge in [-0.25, -0.2) is 4.79 Å². The Bertz CT molecular complexity index is 640. The zero-order valence-corrected chi connectivity index (χ0v) is 14.0. The molecule has 2 rings (SSSR count). The summed E-state index contributed by atoms with van der Waals surface area (Å²) in [6.07, 6.45) is 0.569. The van der Waals surface area contributed by atoms with Gasteiger partial charge in [0.05, 0.1) is 0 Å². The summed E-state index contributed by atoms with van der Waals surface area (Å²) in [5, 5.41) is 5.38. The Balaban J connectivity index is 1.99. The molecule has 0 bridgehead atoms. The number of carbonyl (C=O) groups excluding carboxylic acids is 3. The molecule has 23 heavy (non-hydrogen) atoms. The lowest BCUT2D eigenvalue weighted by Crippen LogP contribution is -2.38. The van der Waals surface area contributed by atoms with E-state index in [1.807, 2.05) is 45.9 Å². The topological polar surface area (TPSA) is 78.5 Å². The van der Waals surface area contributed by atoms with Crippen LogP contribution in [0.25, 0.3) is 0 Å². The van der Waals surface area contributed by atoms with Crippen molar-refractivity contribution in [3.05, 3.63) is 29.3 Å². The molecule has 1 aliphatic heterocycles. The molecule has 4 amide bonds. The lowest BCUT2D eigenvalue weighted by atomic mass is 10.0. The predicted molar refractivity (Wildman–Crippen MR) is 88.0 cm³/mol. The summed E-state index contributed by atoms with van der Waals surface area (Å²) in [4.78, 5) is 37.2. The monoisotopic (exact) mass is 317 g/mol. The van der Waals surface area contributed by atoms with Gasteiger partial charge >= 0.3 is 6.03 Å². The molecule has 6 heteroatoms. The number of carbonyl (C=O) groups is 3. The molecule has 1 unspecified atom stereocenters. The number of nitrogens with zero attached hydrogens (tertiary/aromatic N) is 1. The van der Waals surface area contributed by atoms with Gasteiger partial charge in [0.15, 0.2) is 0 Å². The van der Waals surface area contributed by atoms with E-state index in [4.69, 9.17) is 0 Å². The van der Waals surface area contributed by atoms with E-state index in [2.05, 4.69) is 10.6 Å². The first-order chi connectivity index (χ1) is 10.8. The Morgan fingerprint density at radius 1 is 1.30 bits per heavy atom. The summed E-state index contributed by atoms with van der Waals surface area (Å²) in [5.41, 5.74) is 2.73. The highest BCUT2D eigenvalue weighted by molar-refractivity contribution is 6.08. The van der Waals surface area contributed by atoms with Crippen LogP contribution < -0.4 is 10.6 Å². The first-order valence-corrected chi connectivity index (χ1v) is 7.77. The van der Waals surface area contributed by atoms with E-state index in [9.17, 15) is 14.4 Å². The first-order valence-electron chi connectivity index (χ1n) is 7.77. The molecular formula is C17H23N3O3. The van der Waals surface area contributed by atoms with Gasteiger partial charge in [-0.1, -0.05) is 31.5 Å². The van der Waals surface area contributed by atoms with E-state index >= 15 is 0 Å². The predicted octanol–water partition coefficient (Wildman–Crippen LogP) is 2.21. The van der Waals surface area contributed by atoms with Crippen LogP contribution in [0, 0.1) is 19.8 Å². The summed E-state index contributed by atoms with van der Waals surface area (Å²) in [5.74, 6) is -0.432. The fraction of sp³-hybridized carbons (Fsp3) is 0.471. The van der Waals surface area contributed by atoms with Gasteiger partial charge in [-0.15, -0.1) is 0 Å². The minimum absolute atomic E-state index is 0.271. The van der Waals surface area contributed by atoms with Crippen molar-refractivity contribution in [2.45, 2.75) is 40.2 Å². The maximum Gasteiger partial charge on any atom is 0.325 e. The van der Waals surface area contributed by atoms with Gasteiger partial charge in [-0.3, -0.25) is 14.5 Å².